The number of halogens is 1. The molecule has 0 N–H and O–H groups in total. The van der Waals surface area contributed by atoms with Crippen molar-refractivity contribution in [3.05, 3.63) is 28.2 Å². The average molecular weight is 367 g/mol. The molecule has 0 bridgehead atoms. The number of methoxy groups -OCH3 is 1. The molecule has 1 nitrogen and oxygen atoms in total. The first kappa shape index (κ1) is 17.8. The molecule has 22 heavy (non-hydrogen) atoms. The van der Waals surface area contributed by atoms with Gasteiger partial charge in [0.1, 0.15) is 5.75 Å². The van der Waals surface area contributed by atoms with Gasteiger partial charge in [-0.25, -0.2) is 0 Å². The average Bonchev–Trinajstić information content (AvgIpc) is 2.55. The third-order valence-corrected chi connectivity index (χ3v) is 5.83. The molecular formula is C20H31BrO. The van der Waals surface area contributed by atoms with E-state index in [0.29, 0.717) is 0 Å². The summed E-state index contributed by atoms with van der Waals surface area (Å²) in [6.45, 7) is 2.29. The summed E-state index contributed by atoms with van der Waals surface area (Å²) >= 11 is 3.62. The molecular weight excluding hydrogens is 336 g/mol. The minimum Gasteiger partial charge on any atom is -0.496 e. The lowest BCUT2D eigenvalue weighted by atomic mass is 9.77. The van der Waals surface area contributed by atoms with Crippen molar-refractivity contribution in [2.24, 2.45) is 5.92 Å². The minimum atomic E-state index is 0.749. The third kappa shape index (κ3) is 5.30. The number of ether oxygens (including phenoxy) is 1. The monoisotopic (exact) mass is 366 g/mol. The number of hydrogen-bond donors (Lipinski definition) is 0. The second-order valence-corrected chi connectivity index (χ2v) is 7.67. The van der Waals surface area contributed by atoms with Crippen molar-refractivity contribution < 1.29 is 4.74 Å². The van der Waals surface area contributed by atoms with Gasteiger partial charge in [-0.1, -0.05) is 51.5 Å². The molecule has 0 aromatic heterocycles. The topological polar surface area (TPSA) is 9.23 Å². The molecule has 2 rings (SSSR count). The van der Waals surface area contributed by atoms with E-state index in [9.17, 15) is 0 Å². The van der Waals surface area contributed by atoms with Crippen LogP contribution < -0.4 is 4.74 Å². The SMILES string of the molecule is CCCCCCCC1CCC(c2ccc(OC)c(Br)c2)CC1. The van der Waals surface area contributed by atoms with Crippen LogP contribution in [0.3, 0.4) is 0 Å². The first-order valence-electron chi connectivity index (χ1n) is 9.08. The van der Waals surface area contributed by atoms with Crippen LogP contribution in [0.5, 0.6) is 5.75 Å². The van der Waals surface area contributed by atoms with Gasteiger partial charge in [0.15, 0.2) is 0 Å². The third-order valence-electron chi connectivity index (χ3n) is 5.21. The molecule has 2 heteroatoms. The number of hydrogen-bond acceptors (Lipinski definition) is 1. The van der Waals surface area contributed by atoms with Gasteiger partial charge in [-0.2, -0.15) is 0 Å². The Hall–Kier alpha value is -0.500. The van der Waals surface area contributed by atoms with Crippen LogP contribution in [0.1, 0.15) is 82.6 Å². The van der Waals surface area contributed by atoms with E-state index in [2.05, 4.69) is 41.1 Å². The lowest BCUT2D eigenvalue weighted by Gasteiger charge is -2.29. The molecule has 1 aromatic rings. The predicted octanol–water partition coefficient (Wildman–Crippen LogP) is 7.09. The quantitative estimate of drug-likeness (QED) is 0.446. The largest absolute Gasteiger partial charge is 0.496 e. The summed E-state index contributed by atoms with van der Waals surface area (Å²) in [7, 11) is 1.73. The van der Waals surface area contributed by atoms with Gasteiger partial charge < -0.3 is 4.74 Å². The first-order valence-corrected chi connectivity index (χ1v) is 9.87. The van der Waals surface area contributed by atoms with Gasteiger partial charge in [0, 0.05) is 0 Å². The molecule has 1 saturated carbocycles. The summed E-state index contributed by atoms with van der Waals surface area (Å²) in [4.78, 5) is 0. The molecule has 0 radical (unpaired) electrons. The van der Waals surface area contributed by atoms with E-state index in [1.54, 1.807) is 7.11 Å². The number of rotatable bonds is 8. The number of unbranched alkanes of at least 4 members (excludes halogenated alkanes) is 4. The van der Waals surface area contributed by atoms with Crippen LogP contribution in [-0.4, -0.2) is 7.11 Å². The van der Waals surface area contributed by atoms with E-state index in [4.69, 9.17) is 4.74 Å². The molecule has 1 aromatic carbocycles. The van der Waals surface area contributed by atoms with E-state index in [0.717, 1.165) is 22.1 Å². The lowest BCUT2D eigenvalue weighted by Crippen LogP contribution is -2.13. The maximum atomic E-state index is 5.33. The maximum absolute atomic E-state index is 5.33. The fourth-order valence-corrected chi connectivity index (χ4v) is 4.32. The van der Waals surface area contributed by atoms with E-state index >= 15 is 0 Å². The number of benzene rings is 1. The molecule has 0 saturated heterocycles. The van der Waals surface area contributed by atoms with E-state index in [1.165, 1.54) is 69.8 Å². The van der Waals surface area contributed by atoms with Crippen LogP contribution in [0.4, 0.5) is 0 Å². The van der Waals surface area contributed by atoms with Crippen LogP contribution in [0.25, 0.3) is 0 Å². The van der Waals surface area contributed by atoms with E-state index < -0.39 is 0 Å². The molecule has 0 heterocycles. The van der Waals surface area contributed by atoms with Crippen molar-refractivity contribution in [1.29, 1.82) is 0 Å². The molecule has 124 valence electrons. The first-order chi connectivity index (χ1) is 10.7. The fraction of sp³-hybridized carbons (Fsp3) is 0.700. The highest BCUT2D eigenvalue weighted by molar-refractivity contribution is 9.10. The fourth-order valence-electron chi connectivity index (χ4n) is 3.76. The highest BCUT2D eigenvalue weighted by atomic mass is 79.9. The highest BCUT2D eigenvalue weighted by Crippen LogP contribution is 2.39. The molecule has 0 atom stereocenters. The zero-order valence-electron chi connectivity index (χ0n) is 14.2. The van der Waals surface area contributed by atoms with Crippen LogP contribution in [0.2, 0.25) is 0 Å². The molecule has 0 spiro atoms. The standard InChI is InChI=1S/C20H31BrO/c1-3-4-5-6-7-8-16-9-11-17(12-10-16)18-13-14-20(22-2)19(21)15-18/h13-17H,3-12H2,1-2H3. The van der Waals surface area contributed by atoms with Crippen molar-refractivity contribution in [2.45, 2.75) is 77.0 Å². The van der Waals surface area contributed by atoms with Crippen molar-refractivity contribution in [1.82, 2.24) is 0 Å². The van der Waals surface area contributed by atoms with E-state index in [1.807, 2.05) is 0 Å². The Balaban J connectivity index is 1.73. The lowest BCUT2D eigenvalue weighted by molar-refractivity contribution is 0.301. The van der Waals surface area contributed by atoms with Crippen molar-refractivity contribution in [3.8, 4) is 5.75 Å². The Morgan fingerprint density at radius 2 is 1.77 bits per heavy atom. The molecule has 1 fully saturated rings. The normalized spacial score (nSPS) is 21.8. The second kappa shape index (κ2) is 9.60. The molecule has 1 aliphatic rings. The van der Waals surface area contributed by atoms with Gasteiger partial charge in [-0.15, -0.1) is 0 Å². The van der Waals surface area contributed by atoms with Gasteiger partial charge in [-0.05, 0) is 71.1 Å². The Kier molecular flexibility index (Phi) is 7.79. The Labute approximate surface area is 145 Å². The molecule has 0 aliphatic heterocycles. The van der Waals surface area contributed by atoms with Gasteiger partial charge >= 0.3 is 0 Å². The zero-order valence-corrected chi connectivity index (χ0v) is 15.8. The van der Waals surface area contributed by atoms with Crippen LogP contribution in [0.15, 0.2) is 22.7 Å². The summed E-state index contributed by atoms with van der Waals surface area (Å²) in [5.41, 5.74) is 1.48. The smallest absolute Gasteiger partial charge is 0.133 e. The van der Waals surface area contributed by atoms with Gasteiger partial charge in [0.2, 0.25) is 0 Å². The Morgan fingerprint density at radius 3 is 2.41 bits per heavy atom. The predicted molar refractivity (Wildman–Crippen MR) is 98.8 cm³/mol. The molecule has 1 aliphatic carbocycles. The highest BCUT2D eigenvalue weighted by Gasteiger charge is 2.22. The van der Waals surface area contributed by atoms with Crippen molar-refractivity contribution >= 4 is 15.9 Å². The van der Waals surface area contributed by atoms with Crippen molar-refractivity contribution in [2.75, 3.05) is 7.11 Å². The molecule has 0 amide bonds. The summed E-state index contributed by atoms with van der Waals surface area (Å²) < 4.78 is 6.42. The van der Waals surface area contributed by atoms with Gasteiger partial charge in [-0.3, -0.25) is 0 Å². The van der Waals surface area contributed by atoms with Gasteiger partial charge in [0.05, 0.1) is 11.6 Å². The molecule has 0 unspecified atom stereocenters. The summed E-state index contributed by atoms with van der Waals surface area (Å²) in [6.07, 6.45) is 14.1. The van der Waals surface area contributed by atoms with E-state index in [-0.39, 0.29) is 0 Å². The van der Waals surface area contributed by atoms with Gasteiger partial charge in [0.25, 0.3) is 0 Å². The van der Waals surface area contributed by atoms with Crippen LogP contribution in [0, 0.1) is 5.92 Å². The maximum Gasteiger partial charge on any atom is 0.133 e. The zero-order chi connectivity index (χ0) is 15.8. The van der Waals surface area contributed by atoms with Crippen molar-refractivity contribution in [3.63, 3.8) is 0 Å². The summed E-state index contributed by atoms with van der Waals surface area (Å²) in [6, 6.07) is 6.60. The minimum absolute atomic E-state index is 0.749. The second-order valence-electron chi connectivity index (χ2n) is 6.81. The summed E-state index contributed by atoms with van der Waals surface area (Å²) in [5, 5.41) is 0. The Morgan fingerprint density at radius 1 is 1.05 bits per heavy atom. The Bertz CT molecular complexity index is 435. The summed E-state index contributed by atoms with van der Waals surface area (Å²) in [5.74, 6) is 2.67. The van der Waals surface area contributed by atoms with Crippen LogP contribution >= 0.6 is 15.9 Å². The van der Waals surface area contributed by atoms with Crippen LogP contribution in [-0.2, 0) is 0 Å².